The Morgan fingerprint density at radius 1 is 1.05 bits per heavy atom. The lowest BCUT2D eigenvalue weighted by atomic mass is 9.88. The summed E-state index contributed by atoms with van der Waals surface area (Å²) >= 11 is 0. The van der Waals surface area contributed by atoms with Crippen molar-refractivity contribution in [3.05, 3.63) is 88.3 Å². The Balaban J connectivity index is 1.57. The second-order valence-electron chi connectivity index (χ2n) is 8.83. The molecule has 12 heteroatoms. The number of amides is 2. The molecule has 3 aromatic rings. The van der Waals surface area contributed by atoms with Crippen molar-refractivity contribution in [1.29, 1.82) is 0 Å². The van der Waals surface area contributed by atoms with Gasteiger partial charge in [-0.15, -0.1) is 13.2 Å². The van der Waals surface area contributed by atoms with Crippen molar-refractivity contribution in [2.75, 3.05) is 31.7 Å². The van der Waals surface area contributed by atoms with Crippen LogP contribution in [-0.4, -0.2) is 54.7 Å². The zero-order valence-corrected chi connectivity index (χ0v) is 20.9. The van der Waals surface area contributed by atoms with Gasteiger partial charge in [0.1, 0.15) is 17.2 Å². The predicted molar refractivity (Wildman–Crippen MR) is 135 cm³/mol. The quantitative estimate of drug-likeness (QED) is 0.428. The highest BCUT2D eigenvalue weighted by Gasteiger charge is 2.42. The zero-order chi connectivity index (χ0) is 28.2. The maximum Gasteiger partial charge on any atom is 0.573 e. The summed E-state index contributed by atoms with van der Waals surface area (Å²) in [6, 6.07) is 14.7. The van der Waals surface area contributed by atoms with Crippen LogP contribution in [0.4, 0.5) is 18.9 Å². The van der Waals surface area contributed by atoms with Gasteiger partial charge in [-0.2, -0.15) is 0 Å². The number of nitrogens with one attached hydrogen (secondary N) is 1. The van der Waals surface area contributed by atoms with E-state index in [0.717, 1.165) is 17.7 Å². The van der Waals surface area contributed by atoms with Gasteiger partial charge < -0.3 is 29.4 Å². The van der Waals surface area contributed by atoms with Gasteiger partial charge in [-0.3, -0.25) is 14.4 Å². The number of aliphatic hydroxyl groups excluding tert-OH is 1. The Labute approximate surface area is 221 Å². The lowest BCUT2D eigenvalue weighted by Crippen LogP contribution is -2.37. The zero-order valence-electron chi connectivity index (χ0n) is 20.9. The van der Waals surface area contributed by atoms with E-state index < -0.39 is 35.4 Å². The molecular weight excluding hydrogens is 519 g/mol. The van der Waals surface area contributed by atoms with Crippen molar-refractivity contribution in [2.45, 2.75) is 18.8 Å². The van der Waals surface area contributed by atoms with Gasteiger partial charge in [0.25, 0.3) is 11.5 Å². The average Bonchev–Trinajstić information content (AvgIpc) is 3.23. The van der Waals surface area contributed by atoms with Crippen molar-refractivity contribution in [1.82, 2.24) is 9.88 Å². The number of carbonyl (C=O) groups is 2. The summed E-state index contributed by atoms with van der Waals surface area (Å²) in [5.74, 6) is -1.92. The molecule has 1 aliphatic rings. The minimum Gasteiger partial charge on any atom is -0.497 e. The van der Waals surface area contributed by atoms with Gasteiger partial charge in [0.15, 0.2) is 0 Å². The van der Waals surface area contributed by atoms with Gasteiger partial charge in [-0.25, -0.2) is 0 Å². The number of hydrogen-bond donors (Lipinski definition) is 2. The summed E-state index contributed by atoms with van der Waals surface area (Å²) in [5, 5.41) is 12.0. The third-order valence-corrected chi connectivity index (χ3v) is 6.46. The van der Waals surface area contributed by atoms with Gasteiger partial charge in [0, 0.05) is 37.3 Å². The van der Waals surface area contributed by atoms with Gasteiger partial charge in [0.05, 0.1) is 19.6 Å². The molecule has 0 saturated carbocycles. The number of nitrogens with zero attached hydrogens (tertiary/aromatic N) is 2. The Hall–Kier alpha value is -4.32. The smallest absolute Gasteiger partial charge is 0.497 e. The molecule has 39 heavy (non-hydrogen) atoms. The minimum atomic E-state index is -4.85. The van der Waals surface area contributed by atoms with Gasteiger partial charge in [-0.1, -0.05) is 12.1 Å². The minimum absolute atomic E-state index is 0.0723. The molecule has 0 bridgehead atoms. The van der Waals surface area contributed by atoms with E-state index in [-0.39, 0.29) is 43.4 Å². The molecule has 0 aliphatic carbocycles. The lowest BCUT2D eigenvalue weighted by Gasteiger charge is -2.18. The molecule has 2 atom stereocenters. The molecular formula is C27H26F3N3O6. The van der Waals surface area contributed by atoms with Crippen LogP contribution in [0.2, 0.25) is 0 Å². The Bertz CT molecular complexity index is 1370. The Kier molecular flexibility index (Phi) is 8.24. The maximum atomic E-state index is 13.6. The van der Waals surface area contributed by atoms with Crippen molar-refractivity contribution >= 4 is 17.5 Å². The van der Waals surface area contributed by atoms with E-state index in [0.29, 0.717) is 5.75 Å². The molecule has 1 fully saturated rings. The summed E-state index contributed by atoms with van der Waals surface area (Å²) in [6.07, 6.45) is -3.33. The molecule has 2 N–H and O–H groups in total. The first kappa shape index (κ1) is 27.7. The molecule has 0 radical (unpaired) electrons. The molecule has 1 unspecified atom stereocenters. The largest absolute Gasteiger partial charge is 0.573 e. The van der Waals surface area contributed by atoms with E-state index in [1.54, 1.807) is 18.2 Å². The third-order valence-electron chi connectivity index (χ3n) is 6.46. The predicted octanol–water partition coefficient (Wildman–Crippen LogP) is 2.92. The van der Waals surface area contributed by atoms with E-state index >= 15 is 0 Å². The van der Waals surface area contributed by atoms with Crippen molar-refractivity contribution < 1.29 is 37.3 Å². The van der Waals surface area contributed by atoms with Crippen LogP contribution in [0.15, 0.2) is 71.7 Å². The van der Waals surface area contributed by atoms with E-state index in [1.165, 1.54) is 41.0 Å². The first-order valence-corrected chi connectivity index (χ1v) is 12.0. The number of pyridine rings is 1. The molecule has 4 rings (SSSR count). The van der Waals surface area contributed by atoms with Crippen LogP contribution < -0.4 is 25.2 Å². The van der Waals surface area contributed by atoms with E-state index in [1.807, 2.05) is 12.1 Å². The Morgan fingerprint density at radius 3 is 2.33 bits per heavy atom. The normalized spacial score (nSPS) is 17.3. The second-order valence-corrected chi connectivity index (χ2v) is 8.83. The van der Waals surface area contributed by atoms with Crippen LogP contribution in [0, 0.1) is 5.92 Å². The number of hydrogen-bond acceptors (Lipinski definition) is 6. The van der Waals surface area contributed by atoms with Crippen LogP contribution in [-0.2, 0) is 11.3 Å². The van der Waals surface area contributed by atoms with Crippen molar-refractivity contribution in [2.24, 2.45) is 5.92 Å². The Morgan fingerprint density at radius 2 is 1.72 bits per heavy atom. The van der Waals surface area contributed by atoms with Gasteiger partial charge >= 0.3 is 6.36 Å². The second kappa shape index (κ2) is 11.6. The first-order chi connectivity index (χ1) is 18.6. The lowest BCUT2D eigenvalue weighted by molar-refractivity contribution is -0.274. The molecule has 0 spiro atoms. The van der Waals surface area contributed by atoms with E-state index in [2.05, 4.69) is 10.1 Å². The molecule has 2 aromatic carbocycles. The molecule has 1 aromatic heterocycles. The highest BCUT2D eigenvalue weighted by molar-refractivity contribution is 5.99. The molecule has 1 saturated heterocycles. The number of carbonyl (C=O) groups excluding carboxylic acids is 2. The van der Waals surface area contributed by atoms with E-state index in [9.17, 15) is 32.7 Å². The summed E-state index contributed by atoms with van der Waals surface area (Å²) in [7, 11) is 1.53. The topological polar surface area (TPSA) is 110 Å². The first-order valence-electron chi connectivity index (χ1n) is 12.0. The van der Waals surface area contributed by atoms with Crippen LogP contribution in [0.1, 0.15) is 21.8 Å². The fourth-order valence-electron chi connectivity index (χ4n) is 4.55. The van der Waals surface area contributed by atoms with Crippen LogP contribution in [0.3, 0.4) is 0 Å². The maximum absolute atomic E-state index is 13.6. The fraction of sp³-hybridized carbons (Fsp3) is 0.296. The van der Waals surface area contributed by atoms with Crippen LogP contribution in [0.25, 0.3) is 0 Å². The summed E-state index contributed by atoms with van der Waals surface area (Å²) in [5.41, 5.74) is 0.608. The standard InChI is InChI=1S/C27H26F3N3O6/c1-38-19-8-4-17(5-9-19)22-16-33(23-3-2-12-32(13-14-34)26(23)37)25(36)21(22)15-31-24(35)18-6-10-20(11-7-18)39-27(28,29)30/h2-12,21-22,34H,13-16H2,1H3,(H,31,35)/t21?,22-/m0/s1. The number of aromatic nitrogens is 1. The summed E-state index contributed by atoms with van der Waals surface area (Å²) in [6.45, 7) is -0.0798. The number of benzene rings is 2. The number of alkyl halides is 3. The molecule has 9 nitrogen and oxygen atoms in total. The number of methoxy groups -OCH3 is 1. The number of rotatable bonds is 9. The van der Waals surface area contributed by atoms with Crippen LogP contribution >= 0.6 is 0 Å². The van der Waals surface area contributed by atoms with Crippen molar-refractivity contribution in [3.8, 4) is 11.5 Å². The number of halogens is 3. The number of aliphatic hydroxyl groups is 1. The summed E-state index contributed by atoms with van der Waals surface area (Å²) < 4.78 is 47.6. The highest BCUT2D eigenvalue weighted by Crippen LogP contribution is 2.36. The monoisotopic (exact) mass is 545 g/mol. The molecule has 1 aliphatic heterocycles. The van der Waals surface area contributed by atoms with Gasteiger partial charge in [0.2, 0.25) is 5.91 Å². The summed E-state index contributed by atoms with van der Waals surface area (Å²) in [4.78, 5) is 40.7. The molecule has 206 valence electrons. The van der Waals surface area contributed by atoms with Crippen LogP contribution in [0.5, 0.6) is 11.5 Å². The van der Waals surface area contributed by atoms with Crippen molar-refractivity contribution in [3.63, 3.8) is 0 Å². The molecule has 2 amide bonds. The van der Waals surface area contributed by atoms with E-state index in [4.69, 9.17) is 4.74 Å². The van der Waals surface area contributed by atoms with Gasteiger partial charge in [-0.05, 0) is 54.1 Å². The molecule has 2 heterocycles. The fourth-order valence-corrected chi connectivity index (χ4v) is 4.55. The average molecular weight is 546 g/mol. The number of anilines is 1. The number of ether oxygens (including phenoxy) is 2. The highest BCUT2D eigenvalue weighted by atomic mass is 19.4. The third kappa shape index (κ3) is 6.40. The SMILES string of the molecule is COc1ccc([C@@H]2CN(c3cccn(CCO)c3=O)C(=O)C2CNC(=O)c2ccc(OC(F)(F)F)cc2)cc1.